The summed E-state index contributed by atoms with van der Waals surface area (Å²) in [4.78, 5) is 12.5. The number of nitrogens with one attached hydrogen (secondary N) is 1. The van der Waals surface area contributed by atoms with Gasteiger partial charge in [-0.15, -0.1) is 0 Å². The number of hydrogen-bond acceptors (Lipinski definition) is 2. The number of amides is 1. The van der Waals surface area contributed by atoms with Crippen molar-refractivity contribution in [1.82, 2.24) is 5.32 Å². The number of benzene rings is 2. The van der Waals surface area contributed by atoms with E-state index in [1.807, 2.05) is 75.4 Å². The first-order valence-electron chi connectivity index (χ1n) is 7.10. The zero-order chi connectivity index (χ0) is 15.5. The van der Waals surface area contributed by atoms with Gasteiger partial charge in [0.15, 0.2) is 0 Å². The van der Waals surface area contributed by atoms with Gasteiger partial charge in [-0.3, -0.25) is 4.79 Å². The fraction of sp³-hybridized carbons (Fsp3) is 0.278. The van der Waals surface area contributed by atoms with E-state index in [1.165, 1.54) is 0 Å². The van der Waals surface area contributed by atoms with Crippen molar-refractivity contribution in [2.24, 2.45) is 5.73 Å². The molecule has 1 unspecified atom stereocenters. The lowest BCUT2D eigenvalue weighted by Gasteiger charge is -2.23. The number of hydrogen-bond donors (Lipinski definition) is 2. The molecule has 1 atom stereocenters. The van der Waals surface area contributed by atoms with Crippen LogP contribution in [0.3, 0.4) is 0 Å². The van der Waals surface area contributed by atoms with Crippen LogP contribution < -0.4 is 11.1 Å². The molecule has 2 rings (SSSR count). The molecule has 2 aromatic carbocycles. The van der Waals surface area contributed by atoms with Gasteiger partial charge >= 0.3 is 0 Å². The maximum Gasteiger partial charge on any atom is 0.252 e. The number of nitrogens with two attached hydrogens (primary N) is 1. The van der Waals surface area contributed by atoms with Gasteiger partial charge in [0, 0.05) is 11.1 Å². The fourth-order valence-electron chi connectivity index (χ4n) is 2.22. The number of carbonyl (C=O) groups is 1. The smallest absolute Gasteiger partial charge is 0.252 e. The summed E-state index contributed by atoms with van der Waals surface area (Å²) in [6.45, 7) is 5.89. The molecule has 3 heteroatoms. The summed E-state index contributed by atoms with van der Waals surface area (Å²) in [6.07, 6.45) is 0. The Labute approximate surface area is 126 Å². The van der Waals surface area contributed by atoms with Crippen LogP contribution in [-0.4, -0.2) is 11.4 Å². The van der Waals surface area contributed by atoms with Gasteiger partial charge < -0.3 is 11.1 Å². The quantitative estimate of drug-likeness (QED) is 0.908. The van der Waals surface area contributed by atoms with Crippen LogP contribution in [0.1, 0.15) is 48.3 Å². The van der Waals surface area contributed by atoms with Crippen molar-refractivity contribution < 1.29 is 4.79 Å². The lowest BCUT2D eigenvalue weighted by molar-refractivity contribution is 0.0918. The molecule has 21 heavy (non-hydrogen) atoms. The van der Waals surface area contributed by atoms with Gasteiger partial charge in [-0.1, -0.05) is 48.5 Å². The van der Waals surface area contributed by atoms with Gasteiger partial charge in [0.05, 0.1) is 6.04 Å². The number of rotatable bonds is 3. The van der Waals surface area contributed by atoms with E-state index in [4.69, 9.17) is 5.73 Å². The molecule has 2 aromatic rings. The number of carbonyl (C=O) groups excluding carboxylic acids is 1. The molecule has 110 valence electrons. The lowest BCUT2D eigenvalue weighted by Crippen LogP contribution is -2.41. The van der Waals surface area contributed by atoms with Crippen LogP contribution in [0.15, 0.2) is 54.6 Å². The highest BCUT2D eigenvalue weighted by Crippen LogP contribution is 2.23. The Hall–Kier alpha value is -2.13. The Morgan fingerprint density at radius 3 is 2.19 bits per heavy atom. The normalized spacial score (nSPS) is 12.8. The van der Waals surface area contributed by atoms with Crippen LogP contribution in [0.5, 0.6) is 0 Å². The van der Waals surface area contributed by atoms with E-state index in [1.54, 1.807) is 0 Å². The summed E-state index contributed by atoms with van der Waals surface area (Å²) in [5.74, 6) is -0.0931. The van der Waals surface area contributed by atoms with Crippen LogP contribution in [-0.2, 0) is 0 Å². The van der Waals surface area contributed by atoms with E-state index in [-0.39, 0.29) is 17.5 Å². The molecule has 0 aliphatic carbocycles. The third-order valence-electron chi connectivity index (χ3n) is 3.19. The molecular formula is C18H22N2O. The molecule has 0 radical (unpaired) electrons. The van der Waals surface area contributed by atoms with Crippen molar-refractivity contribution >= 4 is 5.91 Å². The molecule has 0 heterocycles. The average Bonchev–Trinajstić information content (AvgIpc) is 2.45. The summed E-state index contributed by atoms with van der Waals surface area (Å²) >= 11 is 0. The highest BCUT2D eigenvalue weighted by atomic mass is 16.1. The Kier molecular flexibility index (Phi) is 4.43. The Morgan fingerprint density at radius 2 is 1.57 bits per heavy atom. The van der Waals surface area contributed by atoms with Gasteiger partial charge in [0.1, 0.15) is 0 Å². The summed E-state index contributed by atoms with van der Waals surface area (Å²) in [5, 5.41) is 2.99. The van der Waals surface area contributed by atoms with E-state index in [0.717, 1.165) is 11.1 Å². The van der Waals surface area contributed by atoms with Gasteiger partial charge in [0.2, 0.25) is 0 Å². The van der Waals surface area contributed by atoms with E-state index in [2.05, 4.69) is 5.32 Å². The maximum atomic E-state index is 12.5. The van der Waals surface area contributed by atoms with Gasteiger partial charge in [-0.25, -0.2) is 0 Å². The van der Waals surface area contributed by atoms with Crippen molar-refractivity contribution in [3.63, 3.8) is 0 Å². The third-order valence-corrected chi connectivity index (χ3v) is 3.19. The molecule has 1 amide bonds. The highest BCUT2D eigenvalue weighted by Gasteiger charge is 2.20. The van der Waals surface area contributed by atoms with Gasteiger partial charge in [-0.05, 0) is 38.0 Å². The van der Waals surface area contributed by atoms with Crippen molar-refractivity contribution in [3.05, 3.63) is 71.3 Å². The van der Waals surface area contributed by atoms with Crippen LogP contribution >= 0.6 is 0 Å². The summed E-state index contributed by atoms with van der Waals surface area (Å²) in [5.41, 5.74) is 8.52. The lowest BCUT2D eigenvalue weighted by atomic mass is 9.94. The van der Waals surface area contributed by atoms with Crippen LogP contribution in [0.2, 0.25) is 0 Å². The molecular weight excluding hydrogens is 260 g/mol. The summed E-state index contributed by atoms with van der Waals surface area (Å²) < 4.78 is 0. The molecule has 0 bridgehead atoms. The largest absolute Gasteiger partial charge is 0.347 e. The van der Waals surface area contributed by atoms with Crippen molar-refractivity contribution in [2.45, 2.75) is 32.4 Å². The second-order valence-electron chi connectivity index (χ2n) is 6.18. The first-order chi connectivity index (χ1) is 9.88. The molecule has 3 nitrogen and oxygen atoms in total. The molecule has 0 aliphatic rings. The van der Waals surface area contributed by atoms with Crippen LogP contribution in [0.4, 0.5) is 0 Å². The Morgan fingerprint density at radius 1 is 1.00 bits per heavy atom. The van der Waals surface area contributed by atoms with Crippen molar-refractivity contribution in [2.75, 3.05) is 0 Å². The van der Waals surface area contributed by atoms with Crippen LogP contribution in [0.25, 0.3) is 0 Å². The fourth-order valence-corrected chi connectivity index (χ4v) is 2.22. The molecule has 3 N–H and O–H groups in total. The van der Waals surface area contributed by atoms with Crippen molar-refractivity contribution in [1.29, 1.82) is 0 Å². The minimum absolute atomic E-state index is 0.0931. The van der Waals surface area contributed by atoms with E-state index < -0.39 is 0 Å². The minimum Gasteiger partial charge on any atom is -0.347 e. The Balaban J connectivity index is 2.35. The SMILES string of the molecule is CC(C)(C)NC(=O)c1ccccc1C(N)c1ccccc1. The van der Waals surface area contributed by atoms with E-state index in [0.29, 0.717) is 5.56 Å². The minimum atomic E-state index is -0.312. The molecule has 0 aliphatic heterocycles. The standard InChI is InChI=1S/C18H22N2O/c1-18(2,3)20-17(21)15-12-8-7-11-14(15)16(19)13-9-5-4-6-10-13/h4-12,16H,19H2,1-3H3,(H,20,21). The molecule has 0 saturated heterocycles. The third kappa shape index (κ3) is 3.92. The van der Waals surface area contributed by atoms with E-state index in [9.17, 15) is 4.79 Å². The highest BCUT2D eigenvalue weighted by molar-refractivity contribution is 5.96. The topological polar surface area (TPSA) is 55.1 Å². The van der Waals surface area contributed by atoms with Gasteiger partial charge in [0.25, 0.3) is 5.91 Å². The van der Waals surface area contributed by atoms with Crippen LogP contribution in [0, 0.1) is 0 Å². The maximum absolute atomic E-state index is 12.5. The second kappa shape index (κ2) is 6.10. The molecule has 0 fully saturated rings. The van der Waals surface area contributed by atoms with Crippen molar-refractivity contribution in [3.8, 4) is 0 Å². The first-order valence-corrected chi connectivity index (χ1v) is 7.10. The summed E-state index contributed by atoms with van der Waals surface area (Å²) in [6, 6.07) is 17.0. The second-order valence-corrected chi connectivity index (χ2v) is 6.18. The summed E-state index contributed by atoms with van der Waals surface area (Å²) in [7, 11) is 0. The molecule has 0 spiro atoms. The monoisotopic (exact) mass is 282 g/mol. The zero-order valence-corrected chi connectivity index (χ0v) is 12.8. The first kappa shape index (κ1) is 15.3. The predicted octanol–water partition coefficient (Wildman–Crippen LogP) is 3.26. The average molecular weight is 282 g/mol. The van der Waals surface area contributed by atoms with E-state index >= 15 is 0 Å². The van der Waals surface area contributed by atoms with Gasteiger partial charge in [-0.2, -0.15) is 0 Å². The molecule has 0 aromatic heterocycles. The molecule has 0 saturated carbocycles. The zero-order valence-electron chi connectivity index (χ0n) is 12.8. The predicted molar refractivity (Wildman–Crippen MR) is 86.1 cm³/mol. The Bertz CT molecular complexity index is 615.